The summed E-state index contributed by atoms with van der Waals surface area (Å²) in [5, 5.41) is 5.95. The van der Waals surface area contributed by atoms with Crippen LogP contribution in [0.5, 0.6) is 5.75 Å². The minimum absolute atomic E-state index is 0.190. The Labute approximate surface area is 213 Å². The van der Waals surface area contributed by atoms with Gasteiger partial charge in [0.15, 0.2) is 10.7 Å². The number of hydrogen-bond acceptors (Lipinski definition) is 5. The highest BCUT2D eigenvalue weighted by Gasteiger charge is 2.11. The van der Waals surface area contributed by atoms with E-state index in [2.05, 4.69) is 15.6 Å². The molecule has 178 valence electrons. The van der Waals surface area contributed by atoms with E-state index in [9.17, 15) is 4.79 Å². The number of aromatic nitrogens is 1. The van der Waals surface area contributed by atoms with E-state index in [1.165, 1.54) is 0 Å². The van der Waals surface area contributed by atoms with Crippen LogP contribution in [-0.2, 0) is 6.61 Å². The van der Waals surface area contributed by atoms with Crippen LogP contribution in [0.15, 0.2) is 101 Å². The highest BCUT2D eigenvalue weighted by molar-refractivity contribution is 7.80. The Morgan fingerprint density at radius 3 is 2.56 bits per heavy atom. The summed E-state index contributed by atoms with van der Waals surface area (Å²) in [7, 11) is 0. The Balaban J connectivity index is 1.19. The third-order valence-electron chi connectivity index (χ3n) is 5.50. The Morgan fingerprint density at radius 2 is 1.75 bits per heavy atom. The Kier molecular flexibility index (Phi) is 6.73. The Bertz CT molecular complexity index is 1530. The smallest absolute Gasteiger partial charge is 0.257 e. The van der Waals surface area contributed by atoms with Crippen LogP contribution in [0.25, 0.3) is 22.6 Å². The number of carbonyl (C=O) groups is 1. The fourth-order valence-electron chi connectivity index (χ4n) is 3.67. The zero-order valence-electron chi connectivity index (χ0n) is 19.5. The number of rotatable bonds is 6. The van der Waals surface area contributed by atoms with Crippen LogP contribution in [0.2, 0.25) is 0 Å². The maximum atomic E-state index is 12.6. The molecule has 5 aromatic rings. The number of ether oxygens (including phenoxy) is 1. The summed E-state index contributed by atoms with van der Waals surface area (Å²) in [6, 6.07) is 30.2. The molecule has 4 aromatic carbocycles. The molecule has 36 heavy (non-hydrogen) atoms. The maximum absolute atomic E-state index is 12.6. The van der Waals surface area contributed by atoms with Gasteiger partial charge in [0.25, 0.3) is 5.91 Å². The van der Waals surface area contributed by atoms with Gasteiger partial charge in [-0.05, 0) is 84.9 Å². The van der Waals surface area contributed by atoms with Crippen molar-refractivity contribution in [2.24, 2.45) is 0 Å². The van der Waals surface area contributed by atoms with Crippen molar-refractivity contribution in [2.45, 2.75) is 13.5 Å². The maximum Gasteiger partial charge on any atom is 0.257 e. The first-order valence-corrected chi connectivity index (χ1v) is 11.8. The summed E-state index contributed by atoms with van der Waals surface area (Å²) in [5.74, 6) is 0.888. The topological polar surface area (TPSA) is 76.4 Å². The predicted octanol–water partition coefficient (Wildman–Crippen LogP) is 6.51. The Morgan fingerprint density at radius 1 is 0.944 bits per heavy atom. The van der Waals surface area contributed by atoms with Gasteiger partial charge < -0.3 is 14.5 Å². The number of nitrogens with zero attached hydrogens (tertiary/aromatic N) is 1. The first-order chi connectivity index (χ1) is 17.5. The van der Waals surface area contributed by atoms with Crippen LogP contribution in [0.3, 0.4) is 0 Å². The molecule has 0 radical (unpaired) electrons. The van der Waals surface area contributed by atoms with Gasteiger partial charge in [-0.3, -0.25) is 10.1 Å². The number of aryl methyl sites for hydroxylation is 1. The summed E-state index contributed by atoms with van der Waals surface area (Å²) in [5.41, 5.74) is 5.70. The summed E-state index contributed by atoms with van der Waals surface area (Å²) in [6.07, 6.45) is 0. The van der Waals surface area contributed by atoms with Crippen molar-refractivity contribution in [2.75, 3.05) is 5.32 Å². The number of nitrogens with one attached hydrogen (secondary N) is 2. The zero-order valence-corrected chi connectivity index (χ0v) is 20.3. The van der Waals surface area contributed by atoms with Gasteiger partial charge in [0, 0.05) is 16.8 Å². The molecule has 0 aliphatic carbocycles. The van der Waals surface area contributed by atoms with Crippen molar-refractivity contribution < 1.29 is 13.9 Å². The number of oxazole rings is 1. The molecule has 7 heteroatoms. The first-order valence-electron chi connectivity index (χ1n) is 11.4. The van der Waals surface area contributed by atoms with Gasteiger partial charge in [-0.2, -0.15) is 0 Å². The number of fused-ring (bicyclic) bond motifs is 1. The number of amides is 1. The molecular formula is C29H23N3O3S. The van der Waals surface area contributed by atoms with E-state index >= 15 is 0 Å². The van der Waals surface area contributed by atoms with Crippen molar-refractivity contribution in [3.05, 3.63) is 114 Å². The summed E-state index contributed by atoms with van der Waals surface area (Å²) in [4.78, 5) is 17.2. The van der Waals surface area contributed by atoms with Gasteiger partial charge in [-0.15, -0.1) is 0 Å². The average molecular weight is 494 g/mol. The molecule has 0 bridgehead atoms. The molecule has 2 N–H and O–H groups in total. The van der Waals surface area contributed by atoms with Crippen molar-refractivity contribution in [3.63, 3.8) is 0 Å². The van der Waals surface area contributed by atoms with Gasteiger partial charge in [0.1, 0.15) is 17.9 Å². The molecule has 1 amide bonds. The van der Waals surface area contributed by atoms with Gasteiger partial charge >= 0.3 is 0 Å². The molecule has 1 heterocycles. The highest BCUT2D eigenvalue weighted by atomic mass is 32.1. The summed E-state index contributed by atoms with van der Waals surface area (Å²) in [6.45, 7) is 2.47. The minimum Gasteiger partial charge on any atom is -0.489 e. The number of carbonyl (C=O) groups excluding carboxylic acids is 1. The van der Waals surface area contributed by atoms with Crippen LogP contribution in [0.4, 0.5) is 5.69 Å². The second-order valence-corrected chi connectivity index (χ2v) is 8.69. The monoisotopic (exact) mass is 493 g/mol. The van der Waals surface area contributed by atoms with E-state index in [1.54, 1.807) is 24.3 Å². The van der Waals surface area contributed by atoms with Gasteiger partial charge in [0.2, 0.25) is 5.89 Å². The number of benzene rings is 4. The minimum atomic E-state index is -0.312. The number of hydrogen-bond donors (Lipinski definition) is 2. The van der Waals surface area contributed by atoms with Crippen molar-refractivity contribution in [1.82, 2.24) is 10.3 Å². The van der Waals surface area contributed by atoms with Crippen LogP contribution in [0, 0.1) is 6.92 Å². The standard InChI is InChI=1S/C29H23N3O3S/c1-19-10-15-25-26(16-19)35-28(31-25)22-8-5-9-23(17-22)30-29(36)32-27(33)21-11-13-24(14-12-21)34-18-20-6-3-2-4-7-20/h2-17H,18H2,1H3,(H2,30,32,33,36). The molecule has 1 aromatic heterocycles. The fraction of sp³-hybridized carbons (Fsp3) is 0.0690. The van der Waals surface area contributed by atoms with E-state index in [-0.39, 0.29) is 11.0 Å². The lowest BCUT2D eigenvalue weighted by Crippen LogP contribution is -2.34. The van der Waals surface area contributed by atoms with Gasteiger partial charge in [-0.1, -0.05) is 42.5 Å². The number of anilines is 1. The highest BCUT2D eigenvalue weighted by Crippen LogP contribution is 2.26. The van der Waals surface area contributed by atoms with Crippen LogP contribution < -0.4 is 15.4 Å². The Hall–Kier alpha value is -4.49. The molecule has 0 aliphatic heterocycles. The van der Waals surface area contributed by atoms with Crippen LogP contribution in [0.1, 0.15) is 21.5 Å². The predicted molar refractivity (Wildman–Crippen MR) is 145 cm³/mol. The molecule has 0 aliphatic rings. The molecular weight excluding hydrogens is 470 g/mol. The third kappa shape index (κ3) is 5.59. The second kappa shape index (κ2) is 10.4. The van der Waals surface area contributed by atoms with Crippen LogP contribution >= 0.6 is 12.2 Å². The van der Waals surface area contributed by atoms with Gasteiger partial charge in [0.05, 0.1) is 0 Å². The SMILES string of the molecule is Cc1ccc2nc(-c3cccc(NC(=S)NC(=O)c4ccc(OCc5ccccc5)cc4)c3)oc2c1. The first kappa shape index (κ1) is 23.3. The normalized spacial score (nSPS) is 10.7. The number of thiocarbonyl (C=S) groups is 1. The van der Waals surface area contributed by atoms with Crippen molar-refractivity contribution >= 4 is 40.0 Å². The third-order valence-corrected chi connectivity index (χ3v) is 5.71. The fourth-order valence-corrected chi connectivity index (χ4v) is 3.88. The second-order valence-electron chi connectivity index (χ2n) is 8.28. The lowest BCUT2D eigenvalue weighted by atomic mass is 10.2. The van der Waals surface area contributed by atoms with E-state index in [1.807, 2.05) is 79.7 Å². The quantitative estimate of drug-likeness (QED) is 0.263. The van der Waals surface area contributed by atoms with E-state index in [0.29, 0.717) is 29.5 Å². The lowest BCUT2D eigenvalue weighted by Gasteiger charge is -2.11. The molecule has 0 unspecified atom stereocenters. The molecule has 5 rings (SSSR count). The molecule has 0 spiro atoms. The summed E-state index contributed by atoms with van der Waals surface area (Å²) >= 11 is 5.35. The molecule has 0 atom stereocenters. The molecule has 0 fully saturated rings. The molecule has 0 saturated heterocycles. The van der Waals surface area contributed by atoms with Gasteiger partial charge in [-0.25, -0.2) is 4.98 Å². The van der Waals surface area contributed by atoms with E-state index < -0.39 is 0 Å². The van der Waals surface area contributed by atoms with E-state index in [0.717, 1.165) is 27.8 Å². The lowest BCUT2D eigenvalue weighted by molar-refractivity contribution is 0.0977. The zero-order chi connectivity index (χ0) is 24.9. The average Bonchev–Trinajstić information content (AvgIpc) is 3.32. The van der Waals surface area contributed by atoms with Crippen molar-refractivity contribution in [3.8, 4) is 17.2 Å². The largest absolute Gasteiger partial charge is 0.489 e. The van der Waals surface area contributed by atoms with Crippen LogP contribution in [-0.4, -0.2) is 16.0 Å². The van der Waals surface area contributed by atoms with Crippen molar-refractivity contribution in [1.29, 1.82) is 0 Å². The molecule has 0 saturated carbocycles. The molecule has 6 nitrogen and oxygen atoms in total. The van der Waals surface area contributed by atoms with E-state index in [4.69, 9.17) is 21.4 Å². The summed E-state index contributed by atoms with van der Waals surface area (Å²) < 4.78 is 11.7.